The Bertz CT molecular complexity index is 801. The number of hydrogen-bond acceptors (Lipinski definition) is 4. The van der Waals surface area contributed by atoms with Crippen molar-refractivity contribution in [2.45, 2.75) is 51.2 Å². The minimum Gasteiger partial charge on any atom is -0.396 e. The van der Waals surface area contributed by atoms with E-state index in [1.54, 1.807) is 10.6 Å². The summed E-state index contributed by atoms with van der Waals surface area (Å²) >= 11 is 0. The molecule has 2 amide bonds. The molecule has 27 heavy (non-hydrogen) atoms. The molecule has 0 unspecified atom stereocenters. The zero-order chi connectivity index (χ0) is 19.1. The van der Waals surface area contributed by atoms with E-state index in [-0.39, 0.29) is 41.9 Å². The number of aliphatic hydroxyl groups is 1. The summed E-state index contributed by atoms with van der Waals surface area (Å²) in [6, 6.07) is 4.22. The predicted molar refractivity (Wildman–Crippen MR) is 98.8 cm³/mol. The fourth-order valence-electron chi connectivity index (χ4n) is 4.89. The molecule has 3 aliphatic rings. The second-order valence-corrected chi connectivity index (χ2v) is 7.95. The predicted octanol–water partition coefficient (Wildman–Crippen LogP) is 0.665. The lowest BCUT2D eigenvalue weighted by Crippen LogP contribution is -2.51. The van der Waals surface area contributed by atoms with E-state index in [1.165, 1.54) is 6.07 Å². The van der Waals surface area contributed by atoms with Crippen LogP contribution in [0.25, 0.3) is 0 Å². The molecule has 2 aliphatic heterocycles. The molecule has 2 N–H and O–H groups in total. The Morgan fingerprint density at radius 3 is 2.70 bits per heavy atom. The van der Waals surface area contributed by atoms with Crippen molar-refractivity contribution in [1.29, 1.82) is 0 Å². The summed E-state index contributed by atoms with van der Waals surface area (Å²) in [7, 11) is 0. The average Bonchev–Trinajstić information content (AvgIpc) is 2.86. The Morgan fingerprint density at radius 1 is 1.30 bits per heavy atom. The van der Waals surface area contributed by atoms with Crippen molar-refractivity contribution in [2.24, 2.45) is 17.8 Å². The molecule has 1 aliphatic carbocycles. The normalized spacial score (nSPS) is 29.2. The van der Waals surface area contributed by atoms with Gasteiger partial charge in [0, 0.05) is 43.3 Å². The first-order valence-electron chi connectivity index (χ1n) is 9.99. The van der Waals surface area contributed by atoms with E-state index in [4.69, 9.17) is 0 Å². The van der Waals surface area contributed by atoms with Crippen molar-refractivity contribution < 1.29 is 14.7 Å². The maximum absolute atomic E-state index is 13.2. The van der Waals surface area contributed by atoms with Crippen molar-refractivity contribution in [1.82, 2.24) is 14.8 Å². The summed E-state index contributed by atoms with van der Waals surface area (Å²) in [5.74, 6) is -0.960. The van der Waals surface area contributed by atoms with Gasteiger partial charge in [-0.1, -0.05) is 19.4 Å². The number of hydrogen-bond donors (Lipinski definition) is 2. The SMILES string of the molecule is CCCNC(=O)[C@H]1[C@H](CO)[C@H]2Cn3c(cccc3=O)[C@@H]1N2C(=O)C1CCC1. The quantitative estimate of drug-likeness (QED) is 0.793. The second-order valence-electron chi connectivity index (χ2n) is 7.95. The Hall–Kier alpha value is -2.15. The molecule has 1 saturated heterocycles. The maximum Gasteiger partial charge on any atom is 0.250 e. The maximum atomic E-state index is 13.2. The Kier molecular flexibility index (Phi) is 4.80. The van der Waals surface area contributed by atoms with Crippen LogP contribution in [0.1, 0.15) is 44.3 Å². The number of carbonyl (C=O) groups is 2. The van der Waals surface area contributed by atoms with Crippen LogP contribution in [0.3, 0.4) is 0 Å². The zero-order valence-electron chi connectivity index (χ0n) is 15.6. The van der Waals surface area contributed by atoms with Crippen molar-refractivity contribution in [3.8, 4) is 0 Å². The van der Waals surface area contributed by atoms with Crippen LogP contribution in [0, 0.1) is 17.8 Å². The van der Waals surface area contributed by atoms with Crippen LogP contribution in [0.2, 0.25) is 0 Å². The van der Waals surface area contributed by atoms with Gasteiger partial charge in [-0.05, 0) is 25.3 Å². The van der Waals surface area contributed by atoms with Crippen LogP contribution in [0.4, 0.5) is 0 Å². The molecule has 1 saturated carbocycles. The molecule has 1 aromatic heterocycles. The topological polar surface area (TPSA) is 91.6 Å². The number of aromatic nitrogens is 1. The fourth-order valence-corrected chi connectivity index (χ4v) is 4.89. The van der Waals surface area contributed by atoms with Gasteiger partial charge in [0.1, 0.15) is 0 Å². The number of nitrogens with zero attached hydrogens (tertiary/aromatic N) is 2. The highest BCUT2D eigenvalue weighted by molar-refractivity contribution is 5.85. The summed E-state index contributed by atoms with van der Waals surface area (Å²) in [4.78, 5) is 40.4. The smallest absolute Gasteiger partial charge is 0.250 e. The van der Waals surface area contributed by atoms with Crippen molar-refractivity contribution in [3.05, 3.63) is 34.2 Å². The van der Waals surface area contributed by atoms with Gasteiger partial charge in [-0.25, -0.2) is 0 Å². The number of amides is 2. The van der Waals surface area contributed by atoms with E-state index in [1.807, 2.05) is 17.9 Å². The number of pyridine rings is 1. The van der Waals surface area contributed by atoms with E-state index >= 15 is 0 Å². The fraction of sp³-hybridized carbons (Fsp3) is 0.650. The molecule has 0 spiro atoms. The molecule has 4 atom stereocenters. The van der Waals surface area contributed by atoms with Gasteiger partial charge in [-0.2, -0.15) is 0 Å². The van der Waals surface area contributed by atoms with Crippen LogP contribution >= 0.6 is 0 Å². The summed E-state index contributed by atoms with van der Waals surface area (Å²) in [5.41, 5.74) is 0.587. The highest BCUT2D eigenvalue weighted by atomic mass is 16.3. The van der Waals surface area contributed by atoms with Crippen molar-refractivity contribution in [2.75, 3.05) is 13.2 Å². The molecule has 2 bridgehead atoms. The molecule has 3 heterocycles. The number of carbonyl (C=O) groups excluding carboxylic acids is 2. The van der Waals surface area contributed by atoms with Crippen LogP contribution < -0.4 is 10.9 Å². The lowest BCUT2D eigenvalue weighted by molar-refractivity contribution is -0.143. The van der Waals surface area contributed by atoms with Gasteiger partial charge in [-0.15, -0.1) is 0 Å². The summed E-state index contributed by atoms with van der Waals surface area (Å²) < 4.78 is 1.68. The van der Waals surface area contributed by atoms with Gasteiger partial charge in [0.2, 0.25) is 11.8 Å². The molecular weight excluding hydrogens is 346 g/mol. The first kappa shape index (κ1) is 18.2. The number of nitrogens with one attached hydrogen (secondary N) is 1. The monoisotopic (exact) mass is 373 g/mol. The van der Waals surface area contributed by atoms with E-state index in [2.05, 4.69) is 5.32 Å². The van der Waals surface area contributed by atoms with E-state index in [9.17, 15) is 19.5 Å². The van der Waals surface area contributed by atoms with E-state index in [0.29, 0.717) is 18.8 Å². The Labute approximate surface area is 158 Å². The van der Waals surface area contributed by atoms with Crippen LogP contribution in [0.5, 0.6) is 0 Å². The first-order chi connectivity index (χ1) is 13.1. The highest BCUT2D eigenvalue weighted by Crippen LogP contribution is 2.49. The molecular formula is C20H27N3O4. The molecule has 7 heteroatoms. The van der Waals surface area contributed by atoms with E-state index in [0.717, 1.165) is 25.7 Å². The minimum absolute atomic E-state index is 0.00813. The van der Waals surface area contributed by atoms with Gasteiger partial charge in [0.05, 0.1) is 18.0 Å². The average molecular weight is 373 g/mol. The third-order valence-corrected chi connectivity index (χ3v) is 6.48. The van der Waals surface area contributed by atoms with Crippen LogP contribution in [-0.2, 0) is 16.1 Å². The summed E-state index contributed by atoms with van der Waals surface area (Å²) in [6.07, 6.45) is 3.64. The van der Waals surface area contributed by atoms with Gasteiger partial charge in [-0.3, -0.25) is 14.4 Å². The van der Waals surface area contributed by atoms with Crippen molar-refractivity contribution >= 4 is 11.8 Å². The lowest BCUT2D eigenvalue weighted by Gasteiger charge is -2.41. The third kappa shape index (κ3) is 2.79. The first-order valence-corrected chi connectivity index (χ1v) is 9.99. The molecule has 4 rings (SSSR count). The Morgan fingerprint density at radius 2 is 2.07 bits per heavy atom. The third-order valence-electron chi connectivity index (χ3n) is 6.48. The standard InChI is InChI=1S/C20H27N3O4/c1-2-9-21-19(26)17-13(11-24)15-10-22-14(7-4-8-16(22)25)18(17)23(15)20(27)12-5-3-6-12/h4,7-8,12-13,15,17-18,24H,2-3,5-6,9-11H2,1H3,(H,21,26)/t13-,15-,17+,18+/m1/s1. The Balaban J connectivity index is 1.79. The molecule has 0 radical (unpaired) electrons. The summed E-state index contributed by atoms with van der Waals surface area (Å²) in [6.45, 7) is 2.70. The number of fused-ring (bicyclic) bond motifs is 4. The molecule has 2 fully saturated rings. The number of aliphatic hydroxyl groups excluding tert-OH is 1. The lowest BCUT2D eigenvalue weighted by atomic mass is 9.83. The second kappa shape index (κ2) is 7.11. The van der Waals surface area contributed by atoms with Crippen LogP contribution in [0.15, 0.2) is 23.0 Å². The van der Waals surface area contributed by atoms with Gasteiger partial charge in [0.15, 0.2) is 0 Å². The van der Waals surface area contributed by atoms with Gasteiger partial charge < -0.3 is 19.9 Å². The molecule has 146 valence electrons. The summed E-state index contributed by atoms with van der Waals surface area (Å²) in [5, 5.41) is 13.0. The highest BCUT2D eigenvalue weighted by Gasteiger charge is 2.58. The van der Waals surface area contributed by atoms with Crippen LogP contribution in [-0.4, -0.2) is 45.6 Å². The largest absolute Gasteiger partial charge is 0.396 e. The minimum atomic E-state index is -0.536. The van der Waals surface area contributed by atoms with Gasteiger partial charge >= 0.3 is 0 Å². The zero-order valence-corrected chi connectivity index (χ0v) is 15.6. The molecule has 1 aromatic rings. The van der Waals surface area contributed by atoms with Gasteiger partial charge in [0.25, 0.3) is 5.56 Å². The van der Waals surface area contributed by atoms with E-state index < -0.39 is 12.0 Å². The van der Waals surface area contributed by atoms with Crippen molar-refractivity contribution in [3.63, 3.8) is 0 Å². The molecule has 0 aromatic carbocycles. The molecule has 7 nitrogen and oxygen atoms in total. The number of rotatable bonds is 5.